The van der Waals surface area contributed by atoms with Crippen LogP contribution in [0.1, 0.15) is 13.3 Å². The molecule has 0 spiro atoms. The number of amides is 1. The molecule has 0 aliphatic carbocycles. The Kier molecular flexibility index (Phi) is 3.44. The first-order valence-electron chi connectivity index (χ1n) is 4.84. The highest BCUT2D eigenvalue weighted by Crippen LogP contribution is 2.37. The van der Waals surface area contributed by atoms with Gasteiger partial charge in [-0.3, -0.25) is 9.59 Å². The topological polar surface area (TPSA) is 57.6 Å². The first-order chi connectivity index (χ1) is 7.27. The molecule has 16 heavy (non-hydrogen) atoms. The van der Waals surface area contributed by atoms with Gasteiger partial charge in [0.05, 0.1) is 11.8 Å². The van der Waals surface area contributed by atoms with Crippen LogP contribution in [0, 0.1) is 11.8 Å². The molecule has 0 aromatic heterocycles. The molecule has 0 aromatic rings. The van der Waals surface area contributed by atoms with Crippen molar-refractivity contribution in [3.05, 3.63) is 0 Å². The van der Waals surface area contributed by atoms with Crippen LogP contribution in [0.4, 0.5) is 13.2 Å². The van der Waals surface area contributed by atoms with Crippen LogP contribution < -0.4 is 0 Å². The highest BCUT2D eigenvalue weighted by atomic mass is 19.4. The third-order valence-electron chi connectivity index (χ3n) is 2.71. The van der Waals surface area contributed by atoms with Crippen LogP contribution in [0.15, 0.2) is 0 Å². The lowest BCUT2D eigenvalue weighted by molar-refractivity contribution is -0.188. The molecule has 1 fully saturated rings. The molecule has 92 valence electrons. The number of alkyl halides is 3. The Labute approximate surface area is 90.0 Å². The smallest absolute Gasteiger partial charge is 0.394 e. The summed E-state index contributed by atoms with van der Waals surface area (Å²) >= 11 is 0. The summed E-state index contributed by atoms with van der Waals surface area (Å²) in [5.41, 5.74) is 0. The number of likely N-dealkylation sites (tertiary alicyclic amines) is 1. The molecule has 0 bridgehead atoms. The first-order valence-corrected chi connectivity index (χ1v) is 4.84. The van der Waals surface area contributed by atoms with Crippen molar-refractivity contribution < 1.29 is 27.9 Å². The van der Waals surface area contributed by atoms with E-state index in [0.717, 1.165) is 4.90 Å². The number of carbonyl (C=O) groups is 2. The van der Waals surface area contributed by atoms with Crippen LogP contribution in [0.25, 0.3) is 0 Å². The summed E-state index contributed by atoms with van der Waals surface area (Å²) in [4.78, 5) is 22.9. The van der Waals surface area contributed by atoms with E-state index in [2.05, 4.69) is 0 Å². The number of aliphatic carboxylic acids is 1. The summed E-state index contributed by atoms with van der Waals surface area (Å²) in [6, 6.07) is 0. The van der Waals surface area contributed by atoms with Crippen LogP contribution in [0.2, 0.25) is 0 Å². The Morgan fingerprint density at radius 3 is 2.25 bits per heavy atom. The van der Waals surface area contributed by atoms with Gasteiger partial charge in [-0.1, -0.05) is 6.92 Å². The second kappa shape index (κ2) is 4.31. The zero-order chi connectivity index (χ0) is 12.5. The summed E-state index contributed by atoms with van der Waals surface area (Å²) in [5, 5.41) is 8.68. The molecule has 0 radical (unpaired) electrons. The Morgan fingerprint density at radius 1 is 1.38 bits per heavy atom. The second-order valence-electron chi connectivity index (χ2n) is 3.75. The molecular formula is C9H12F3NO3. The van der Waals surface area contributed by atoms with Gasteiger partial charge in [-0.15, -0.1) is 0 Å². The van der Waals surface area contributed by atoms with E-state index in [0.29, 0.717) is 0 Å². The fraction of sp³-hybridized carbons (Fsp3) is 0.778. The lowest BCUT2D eigenvalue weighted by Crippen LogP contribution is -2.34. The summed E-state index contributed by atoms with van der Waals surface area (Å²) in [5.74, 6) is -5.46. The van der Waals surface area contributed by atoms with Gasteiger partial charge in [0.25, 0.3) is 0 Å². The zero-order valence-electron chi connectivity index (χ0n) is 8.62. The number of carboxylic acids is 1. The van der Waals surface area contributed by atoms with E-state index in [1.54, 1.807) is 0 Å². The van der Waals surface area contributed by atoms with Gasteiger partial charge < -0.3 is 10.0 Å². The Bertz CT molecular complexity index is 303. The Balaban J connectivity index is 2.84. The van der Waals surface area contributed by atoms with Crippen molar-refractivity contribution in [1.82, 2.24) is 4.90 Å². The van der Waals surface area contributed by atoms with Crippen molar-refractivity contribution in [2.45, 2.75) is 19.5 Å². The summed E-state index contributed by atoms with van der Waals surface area (Å²) in [6.45, 7) is 0.623. The van der Waals surface area contributed by atoms with Gasteiger partial charge in [0.1, 0.15) is 0 Å². The number of carboxylic acid groups (broad SMARTS) is 1. The quantitative estimate of drug-likeness (QED) is 0.785. The van der Waals surface area contributed by atoms with E-state index in [4.69, 9.17) is 5.11 Å². The lowest BCUT2D eigenvalue weighted by Gasteiger charge is -2.18. The van der Waals surface area contributed by atoms with Gasteiger partial charge in [0.2, 0.25) is 5.91 Å². The molecule has 2 atom stereocenters. The minimum Gasteiger partial charge on any atom is -0.481 e. The Hall–Kier alpha value is -1.27. The normalized spacial score (nSPS) is 25.9. The second-order valence-corrected chi connectivity index (χ2v) is 3.75. The van der Waals surface area contributed by atoms with E-state index in [-0.39, 0.29) is 13.0 Å². The standard InChI is InChI=1S/C9H12F3NO3/c1-2-7(14)13-3-5(8(15)16)6(4-13)9(10,11)12/h5-6H,2-4H2,1H3,(H,15,16)/t5-,6-/m1/s1. The third-order valence-corrected chi connectivity index (χ3v) is 2.71. The number of carbonyl (C=O) groups excluding carboxylic acids is 1. The van der Waals surface area contributed by atoms with E-state index in [1.807, 2.05) is 0 Å². The minimum absolute atomic E-state index is 0.0803. The predicted molar refractivity (Wildman–Crippen MR) is 47.5 cm³/mol. The van der Waals surface area contributed by atoms with Gasteiger partial charge >= 0.3 is 12.1 Å². The third kappa shape index (κ3) is 2.45. The monoisotopic (exact) mass is 239 g/mol. The average molecular weight is 239 g/mol. The van der Waals surface area contributed by atoms with Crippen LogP contribution in [0.5, 0.6) is 0 Å². The number of hydrogen-bond donors (Lipinski definition) is 1. The highest BCUT2D eigenvalue weighted by Gasteiger charge is 2.53. The molecule has 0 unspecified atom stereocenters. The molecule has 0 saturated carbocycles. The maximum Gasteiger partial charge on any atom is 0.394 e. The van der Waals surface area contributed by atoms with E-state index >= 15 is 0 Å². The van der Waals surface area contributed by atoms with Crippen molar-refractivity contribution in [3.63, 3.8) is 0 Å². The maximum absolute atomic E-state index is 12.5. The van der Waals surface area contributed by atoms with Crippen molar-refractivity contribution in [3.8, 4) is 0 Å². The molecule has 4 nitrogen and oxygen atoms in total. The van der Waals surface area contributed by atoms with Gasteiger partial charge in [-0.05, 0) is 0 Å². The lowest BCUT2D eigenvalue weighted by atomic mass is 9.96. The largest absolute Gasteiger partial charge is 0.481 e. The number of halogens is 3. The van der Waals surface area contributed by atoms with Gasteiger partial charge in [0, 0.05) is 19.5 Å². The summed E-state index contributed by atoms with van der Waals surface area (Å²) in [6.07, 6.45) is -4.50. The van der Waals surface area contributed by atoms with Crippen molar-refractivity contribution >= 4 is 11.9 Å². The Morgan fingerprint density at radius 2 is 1.94 bits per heavy atom. The molecule has 1 amide bonds. The van der Waals surface area contributed by atoms with Crippen LogP contribution in [-0.2, 0) is 9.59 Å². The van der Waals surface area contributed by atoms with Gasteiger partial charge in [0.15, 0.2) is 0 Å². The first kappa shape index (κ1) is 12.8. The number of rotatable bonds is 2. The molecule has 1 N–H and O–H groups in total. The molecule has 1 rings (SSSR count). The molecule has 1 aliphatic heterocycles. The van der Waals surface area contributed by atoms with Gasteiger partial charge in [-0.2, -0.15) is 13.2 Å². The van der Waals surface area contributed by atoms with Gasteiger partial charge in [-0.25, -0.2) is 0 Å². The van der Waals surface area contributed by atoms with Crippen molar-refractivity contribution in [2.75, 3.05) is 13.1 Å². The number of hydrogen-bond acceptors (Lipinski definition) is 2. The fourth-order valence-electron chi connectivity index (χ4n) is 1.81. The molecule has 0 aromatic carbocycles. The van der Waals surface area contributed by atoms with E-state index < -0.39 is 36.4 Å². The minimum atomic E-state index is -4.58. The highest BCUT2D eigenvalue weighted by molar-refractivity contribution is 5.78. The van der Waals surface area contributed by atoms with Crippen LogP contribution in [-0.4, -0.2) is 41.1 Å². The average Bonchev–Trinajstić information content (AvgIpc) is 2.60. The fourth-order valence-corrected chi connectivity index (χ4v) is 1.81. The van der Waals surface area contributed by atoms with E-state index in [1.165, 1.54) is 6.92 Å². The maximum atomic E-state index is 12.5. The molecule has 1 saturated heterocycles. The van der Waals surface area contributed by atoms with Crippen molar-refractivity contribution in [1.29, 1.82) is 0 Å². The SMILES string of the molecule is CCC(=O)N1C[C@@H](C(F)(F)F)[C@H](C(=O)O)C1. The molecule has 1 heterocycles. The summed E-state index contributed by atoms with van der Waals surface area (Å²) < 4.78 is 37.5. The molecule has 7 heteroatoms. The van der Waals surface area contributed by atoms with Crippen LogP contribution >= 0.6 is 0 Å². The number of nitrogens with zero attached hydrogens (tertiary/aromatic N) is 1. The zero-order valence-corrected chi connectivity index (χ0v) is 8.62. The molecule has 1 aliphatic rings. The van der Waals surface area contributed by atoms with E-state index in [9.17, 15) is 22.8 Å². The summed E-state index contributed by atoms with van der Waals surface area (Å²) in [7, 11) is 0. The van der Waals surface area contributed by atoms with Crippen molar-refractivity contribution in [2.24, 2.45) is 11.8 Å². The predicted octanol–water partition coefficient (Wildman–Crippen LogP) is 1.12. The van der Waals surface area contributed by atoms with Crippen LogP contribution in [0.3, 0.4) is 0 Å². The molecular weight excluding hydrogens is 227 g/mol.